The van der Waals surface area contributed by atoms with E-state index in [-0.39, 0.29) is 30.3 Å². The first kappa shape index (κ1) is 29.8. The summed E-state index contributed by atoms with van der Waals surface area (Å²) in [6.07, 6.45) is 1.15. The number of nitrogens with one attached hydrogen (secondary N) is 2. The van der Waals surface area contributed by atoms with E-state index in [2.05, 4.69) is 15.5 Å². The standard InChI is InChI=1S/C28H35F3N4O5/c1-2-13-40-24-18-34(22-8-10-27(38,11-9-22)21-7-4-12-35(39)16-21)17-23(24)33-25(36)15-32-26(37)19-5-3-6-20(14-19)28(29,30)31/h3-7,12,14,16,22-24,38H,2,8-11,13,15,17-18H2,1H3,(H,32,37)(H,33,36)/t22?,23-,24-,27?/m0/s1. The molecule has 3 N–H and O–H groups in total. The van der Waals surface area contributed by atoms with Gasteiger partial charge in [-0.05, 0) is 56.4 Å². The van der Waals surface area contributed by atoms with Gasteiger partial charge >= 0.3 is 6.18 Å². The summed E-state index contributed by atoms with van der Waals surface area (Å²) >= 11 is 0. The van der Waals surface area contributed by atoms with Crippen LogP contribution in [-0.4, -0.2) is 66.2 Å². The van der Waals surface area contributed by atoms with Gasteiger partial charge in [0, 0.05) is 42.9 Å². The van der Waals surface area contributed by atoms with E-state index in [1.165, 1.54) is 18.5 Å². The zero-order valence-corrected chi connectivity index (χ0v) is 22.3. The van der Waals surface area contributed by atoms with Crippen molar-refractivity contribution in [2.45, 2.75) is 69.0 Å². The Labute approximate surface area is 230 Å². The maximum atomic E-state index is 13.0. The molecule has 1 aliphatic carbocycles. The monoisotopic (exact) mass is 564 g/mol. The van der Waals surface area contributed by atoms with Crippen molar-refractivity contribution in [2.24, 2.45) is 0 Å². The number of hydrogen-bond donors (Lipinski definition) is 3. The fourth-order valence-corrected chi connectivity index (χ4v) is 5.50. The number of carbonyl (C=O) groups excluding carboxylic acids is 2. The van der Waals surface area contributed by atoms with Crippen molar-refractivity contribution in [1.29, 1.82) is 0 Å². The molecule has 0 radical (unpaired) electrons. The number of halogens is 3. The van der Waals surface area contributed by atoms with Gasteiger partial charge in [0.25, 0.3) is 5.91 Å². The molecule has 12 heteroatoms. The van der Waals surface area contributed by atoms with Gasteiger partial charge in [0.1, 0.15) is 0 Å². The summed E-state index contributed by atoms with van der Waals surface area (Å²) in [5.41, 5.74) is -1.58. The van der Waals surface area contributed by atoms with Crippen molar-refractivity contribution < 1.29 is 37.3 Å². The molecule has 1 saturated carbocycles. The SMILES string of the molecule is CCCO[C@H]1CN(C2CCC(O)(c3ccc[n+]([O-])c3)CC2)C[C@@H]1NC(=O)CNC(=O)c1cccc(C(F)(F)F)c1. The third-order valence-electron chi connectivity index (χ3n) is 7.65. The fraction of sp³-hybridized carbons (Fsp3) is 0.536. The number of hydrogen-bond acceptors (Lipinski definition) is 6. The topological polar surface area (TPSA) is 118 Å². The summed E-state index contributed by atoms with van der Waals surface area (Å²) in [7, 11) is 0. The minimum atomic E-state index is -4.58. The first-order chi connectivity index (χ1) is 19.0. The van der Waals surface area contributed by atoms with E-state index in [0.717, 1.165) is 24.6 Å². The molecule has 2 atom stereocenters. The minimum absolute atomic E-state index is 0.165. The average Bonchev–Trinajstić information content (AvgIpc) is 3.32. The molecule has 4 rings (SSSR count). The lowest BCUT2D eigenvalue weighted by Crippen LogP contribution is -2.48. The molecule has 218 valence electrons. The van der Waals surface area contributed by atoms with Crippen molar-refractivity contribution in [3.8, 4) is 0 Å². The Morgan fingerprint density at radius 2 is 1.95 bits per heavy atom. The number of aromatic nitrogens is 1. The summed E-state index contributed by atoms with van der Waals surface area (Å²) in [4.78, 5) is 27.3. The van der Waals surface area contributed by atoms with Crippen molar-refractivity contribution in [3.05, 3.63) is 70.7 Å². The highest BCUT2D eigenvalue weighted by Crippen LogP contribution is 2.39. The lowest BCUT2D eigenvalue weighted by Gasteiger charge is -2.39. The Kier molecular flexibility index (Phi) is 9.32. The van der Waals surface area contributed by atoms with Gasteiger partial charge in [-0.25, -0.2) is 0 Å². The summed E-state index contributed by atoms with van der Waals surface area (Å²) in [6.45, 7) is 3.23. The number of nitrogens with zero attached hydrogens (tertiary/aromatic N) is 2. The zero-order chi connectivity index (χ0) is 28.9. The van der Waals surface area contributed by atoms with Crippen molar-refractivity contribution in [3.63, 3.8) is 0 Å². The Morgan fingerprint density at radius 1 is 1.20 bits per heavy atom. The highest BCUT2D eigenvalue weighted by atomic mass is 19.4. The van der Waals surface area contributed by atoms with Gasteiger partial charge in [-0.15, -0.1) is 0 Å². The molecule has 2 aliphatic rings. The Balaban J connectivity index is 1.32. The molecule has 1 aliphatic heterocycles. The van der Waals surface area contributed by atoms with E-state index in [1.54, 1.807) is 12.1 Å². The van der Waals surface area contributed by atoms with E-state index >= 15 is 0 Å². The highest BCUT2D eigenvalue weighted by molar-refractivity contribution is 5.96. The lowest BCUT2D eigenvalue weighted by molar-refractivity contribution is -0.606. The van der Waals surface area contributed by atoms with Gasteiger partial charge in [0.15, 0.2) is 12.4 Å². The summed E-state index contributed by atoms with van der Waals surface area (Å²) < 4.78 is 45.6. The van der Waals surface area contributed by atoms with E-state index in [1.807, 2.05) is 6.92 Å². The zero-order valence-electron chi connectivity index (χ0n) is 22.3. The second-order valence-corrected chi connectivity index (χ2v) is 10.5. The molecule has 0 spiro atoms. The summed E-state index contributed by atoms with van der Waals surface area (Å²) in [6, 6.07) is 7.24. The predicted octanol–water partition coefficient (Wildman–Crippen LogP) is 2.49. The van der Waals surface area contributed by atoms with E-state index in [9.17, 15) is 33.1 Å². The van der Waals surface area contributed by atoms with Crippen LogP contribution in [0.5, 0.6) is 0 Å². The average molecular weight is 565 g/mol. The van der Waals surface area contributed by atoms with Crippen LogP contribution in [0.4, 0.5) is 13.2 Å². The maximum Gasteiger partial charge on any atom is 0.416 e. The van der Waals surface area contributed by atoms with Gasteiger partial charge in [0.05, 0.1) is 29.9 Å². The van der Waals surface area contributed by atoms with Gasteiger partial charge in [-0.2, -0.15) is 17.9 Å². The quantitative estimate of drug-likeness (QED) is 0.318. The molecule has 2 heterocycles. The van der Waals surface area contributed by atoms with Gasteiger partial charge in [-0.1, -0.05) is 13.0 Å². The normalized spacial score (nSPS) is 25.5. The lowest BCUT2D eigenvalue weighted by atomic mass is 9.78. The number of aliphatic hydroxyl groups is 1. The fourth-order valence-electron chi connectivity index (χ4n) is 5.50. The van der Waals surface area contributed by atoms with Crippen LogP contribution in [-0.2, 0) is 21.3 Å². The molecular weight excluding hydrogens is 529 g/mol. The number of amides is 2. The minimum Gasteiger partial charge on any atom is -0.619 e. The molecule has 1 aromatic carbocycles. The van der Waals surface area contributed by atoms with Crippen LogP contribution in [0.3, 0.4) is 0 Å². The Morgan fingerprint density at radius 3 is 2.62 bits per heavy atom. The molecule has 0 unspecified atom stereocenters. The van der Waals surface area contributed by atoms with Crippen molar-refractivity contribution >= 4 is 11.8 Å². The van der Waals surface area contributed by atoms with E-state index < -0.39 is 29.2 Å². The molecule has 1 aromatic heterocycles. The number of rotatable bonds is 9. The first-order valence-electron chi connectivity index (χ1n) is 13.5. The maximum absolute atomic E-state index is 13.0. The molecule has 40 heavy (non-hydrogen) atoms. The second kappa shape index (κ2) is 12.5. The Bertz CT molecular complexity index is 1190. The van der Waals surface area contributed by atoms with Crippen LogP contribution in [0.1, 0.15) is 60.5 Å². The van der Waals surface area contributed by atoms with Gasteiger partial charge in [-0.3, -0.25) is 14.5 Å². The predicted molar refractivity (Wildman–Crippen MR) is 139 cm³/mol. The molecule has 9 nitrogen and oxygen atoms in total. The third kappa shape index (κ3) is 7.29. The van der Waals surface area contributed by atoms with Crippen LogP contribution in [0.2, 0.25) is 0 Å². The smallest absolute Gasteiger partial charge is 0.416 e. The first-order valence-corrected chi connectivity index (χ1v) is 13.5. The number of ether oxygens (including phenoxy) is 1. The summed E-state index contributed by atoms with van der Waals surface area (Å²) in [5.74, 6) is -1.24. The van der Waals surface area contributed by atoms with Crippen LogP contribution in [0, 0.1) is 5.21 Å². The van der Waals surface area contributed by atoms with E-state index in [0.29, 0.717) is 55.7 Å². The van der Waals surface area contributed by atoms with Crippen molar-refractivity contribution in [1.82, 2.24) is 15.5 Å². The van der Waals surface area contributed by atoms with E-state index in [4.69, 9.17) is 4.74 Å². The largest absolute Gasteiger partial charge is 0.619 e. The van der Waals surface area contributed by atoms with Crippen molar-refractivity contribution in [2.75, 3.05) is 26.2 Å². The third-order valence-corrected chi connectivity index (χ3v) is 7.65. The molecular formula is C28H35F3N4O5. The van der Waals surface area contributed by atoms with Gasteiger partial charge in [0.2, 0.25) is 5.91 Å². The highest BCUT2D eigenvalue weighted by Gasteiger charge is 2.42. The molecule has 2 amide bonds. The Hall–Kier alpha value is -3.22. The number of carbonyl (C=O) groups is 2. The summed E-state index contributed by atoms with van der Waals surface area (Å²) in [5, 5.41) is 28.1. The molecule has 1 saturated heterocycles. The number of likely N-dealkylation sites (tertiary alicyclic amines) is 1. The van der Waals surface area contributed by atoms with Crippen LogP contribution < -0.4 is 15.4 Å². The molecule has 0 bridgehead atoms. The number of alkyl halides is 3. The number of benzene rings is 1. The van der Waals surface area contributed by atoms with Crippen LogP contribution in [0.15, 0.2) is 48.8 Å². The van der Waals surface area contributed by atoms with Crippen LogP contribution in [0.25, 0.3) is 0 Å². The number of pyridine rings is 1. The van der Waals surface area contributed by atoms with Gasteiger partial charge < -0.3 is 25.7 Å². The molecule has 2 fully saturated rings. The molecule has 2 aromatic rings. The second-order valence-electron chi connectivity index (χ2n) is 10.5. The van der Waals surface area contributed by atoms with Crippen LogP contribution >= 0.6 is 0 Å².